The van der Waals surface area contributed by atoms with Gasteiger partial charge >= 0.3 is 0 Å². The minimum Gasteiger partial charge on any atom is -0.313 e. The summed E-state index contributed by atoms with van der Waals surface area (Å²) in [6.45, 7) is 6.53. The average molecular weight is 243 g/mol. The van der Waals surface area contributed by atoms with Crippen LogP contribution in [0, 0.1) is 5.92 Å². The maximum Gasteiger partial charge on any atom is 0.0991 e. The number of nitrogens with one attached hydrogen (secondary N) is 1. The van der Waals surface area contributed by atoms with Gasteiger partial charge in [-0.25, -0.2) is 4.98 Å². The maximum absolute atomic E-state index is 4.05. The van der Waals surface area contributed by atoms with Gasteiger partial charge in [0.25, 0.3) is 0 Å². The van der Waals surface area contributed by atoms with Crippen molar-refractivity contribution in [1.29, 1.82) is 0 Å². The number of rotatable bonds is 6. The van der Waals surface area contributed by atoms with Crippen molar-refractivity contribution in [2.75, 3.05) is 6.54 Å². The van der Waals surface area contributed by atoms with Crippen LogP contribution in [0.3, 0.4) is 0 Å². The van der Waals surface area contributed by atoms with Gasteiger partial charge in [0.2, 0.25) is 0 Å². The molecular formula is C15H21N3. The van der Waals surface area contributed by atoms with E-state index in [0.29, 0.717) is 0 Å². The second-order valence-electron chi connectivity index (χ2n) is 5.00. The van der Waals surface area contributed by atoms with Gasteiger partial charge in [-0.15, -0.1) is 0 Å². The van der Waals surface area contributed by atoms with Gasteiger partial charge in [-0.1, -0.05) is 26.0 Å². The fraction of sp³-hybridized carbons (Fsp3) is 0.400. The van der Waals surface area contributed by atoms with Crippen molar-refractivity contribution in [1.82, 2.24) is 14.9 Å². The second-order valence-corrected chi connectivity index (χ2v) is 5.00. The Bertz CT molecular complexity index is 443. The Morgan fingerprint density at radius 2 is 2.00 bits per heavy atom. The normalized spacial score (nSPS) is 11.1. The molecule has 3 nitrogen and oxygen atoms in total. The summed E-state index contributed by atoms with van der Waals surface area (Å²) in [6, 6.07) is 8.58. The lowest BCUT2D eigenvalue weighted by Gasteiger charge is -2.08. The van der Waals surface area contributed by atoms with Crippen molar-refractivity contribution in [3.05, 3.63) is 48.5 Å². The predicted molar refractivity (Wildman–Crippen MR) is 74.7 cm³/mol. The molecule has 1 aromatic carbocycles. The molecule has 0 aliphatic heterocycles. The Labute approximate surface area is 109 Å². The Balaban J connectivity index is 1.84. The van der Waals surface area contributed by atoms with Crippen LogP contribution in [0.2, 0.25) is 0 Å². The van der Waals surface area contributed by atoms with Crippen LogP contribution in [-0.2, 0) is 6.54 Å². The Morgan fingerprint density at radius 3 is 2.61 bits per heavy atom. The summed E-state index contributed by atoms with van der Waals surface area (Å²) < 4.78 is 2.01. The van der Waals surface area contributed by atoms with Gasteiger partial charge in [0.15, 0.2) is 0 Å². The van der Waals surface area contributed by atoms with Crippen LogP contribution in [0.1, 0.15) is 25.8 Å². The van der Waals surface area contributed by atoms with Crippen LogP contribution >= 0.6 is 0 Å². The van der Waals surface area contributed by atoms with E-state index in [1.165, 1.54) is 12.0 Å². The number of aromatic nitrogens is 2. The molecule has 0 bridgehead atoms. The van der Waals surface area contributed by atoms with Crippen LogP contribution in [0.4, 0.5) is 0 Å². The van der Waals surface area contributed by atoms with Gasteiger partial charge in [0, 0.05) is 24.6 Å². The first-order valence-electron chi connectivity index (χ1n) is 6.53. The third-order valence-electron chi connectivity index (χ3n) is 2.97. The lowest BCUT2D eigenvalue weighted by atomic mass is 10.1. The first-order valence-corrected chi connectivity index (χ1v) is 6.53. The first-order chi connectivity index (χ1) is 8.75. The number of hydrogen-bond acceptors (Lipinski definition) is 2. The molecule has 0 spiro atoms. The Morgan fingerprint density at radius 1 is 1.22 bits per heavy atom. The van der Waals surface area contributed by atoms with Crippen LogP contribution < -0.4 is 5.32 Å². The maximum atomic E-state index is 4.05. The molecule has 2 rings (SSSR count). The minimum absolute atomic E-state index is 0.765. The molecular weight excluding hydrogens is 222 g/mol. The van der Waals surface area contributed by atoms with E-state index in [2.05, 4.69) is 48.4 Å². The molecule has 1 heterocycles. The summed E-state index contributed by atoms with van der Waals surface area (Å²) >= 11 is 0. The smallest absolute Gasteiger partial charge is 0.0991 e. The third-order valence-corrected chi connectivity index (χ3v) is 2.97. The molecule has 1 aromatic heterocycles. The Hall–Kier alpha value is -1.61. The van der Waals surface area contributed by atoms with E-state index in [-0.39, 0.29) is 0 Å². The third kappa shape index (κ3) is 3.70. The molecule has 0 saturated heterocycles. The van der Waals surface area contributed by atoms with E-state index in [1.54, 1.807) is 6.20 Å². The summed E-state index contributed by atoms with van der Waals surface area (Å²) in [6.07, 6.45) is 6.79. The van der Waals surface area contributed by atoms with Crippen LogP contribution in [0.15, 0.2) is 43.0 Å². The molecule has 0 radical (unpaired) electrons. The quantitative estimate of drug-likeness (QED) is 0.790. The highest BCUT2D eigenvalue weighted by Crippen LogP contribution is 2.09. The molecule has 96 valence electrons. The van der Waals surface area contributed by atoms with Crippen molar-refractivity contribution in [2.24, 2.45) is 5.92 Å². The topological polar surface area (TPSA) is 29.9 Å². The Kier molecular flexibility index (Phi) is 4.53. The summed E-state index contributed by atoms with van der Waals surface area (Å²) in [5.74, 6) is 0.765. The molecule has 1 N–H and O–H groups in total. The summed E-state index contributed by atoms with van der Waals surface area (Å²) in [4.78, 5) is 4.05. The van der Waals surface area contributed by atoms with Crippen LogP contribution in [0.5, 0.6) is 0 Å². The molecule has 0 fully saturated rings. The molecule has 0 aliphatic carbocycles. The van der Waals surface area contributed by atoms with E-state index >= 15 is 0 Å². The molecule has 0 aliphatic rings. The molecule has 0 atom stereocenters. The fourth-order valence-corrected chi connectivity index (χ4v) is 1.82. The van der Waals surface area contributed by atoms with E-state index in [0.717, 1.165) is 24.7 Å². The van der Waals surface area contributed by atoms with Gasteiger partial charge in [0.1, 0.15) is 0 Å². The number of hydrogen-bond donors (Lipinski definition) is 1. The standard InChI is InChI=1S/C15H21N3/c1-13(2)7-8-16-11-14-3-5-15(6-4-14)18-10-9-17-12-18/h3-6,9-10,12-13,16H,7-8,11H2,1-2H3. The van der Waals surface area contributed by atoms with E-state index in [1.807, 2.05) is 17.1 Å². The molecule has 18 heavy (non-hydrogen) atoms. The highest BCUT2D eigenvalue weighted by atomic mass is 15.0. The van der Waals surface area contributed by atoms with Gasteiger partial charge in [-0.2, -0.15) is 0 Å². The average Bonchev–Trinajstić information content (AvgIpc) is 2.89. The summed E-state index contributed by atoms with van der Waals surface area (Å²) in [7, 11) is 0. The molecule has 0 unspecified atom stereocenters. The van der Waals surface area contributed by atoms with Gasteiger partial charge in [-0.05, 0) is 36.6 Å². The molecule has 0 saturated carbocycles. The van der Waals surface area contributed by atoms with E-state index in [9.17, 15) is 0 Å². The van der Waals surface area contributed by atoms with Crippen molar-refractivity contribution >= 4 is 0 Å². The zero-order chi connectivity index (χ0) is 12.8. The van der Waals surface area contributed by atoms with Crippen LogP contribution in [-0.4, -0.2) is 16.1 Å². The zero-order valence-electron chi connectivity index (χ0n) is 11.1. The largest absolute Gasteiger partial charge is 0.313 e. The first kappa shape index (κ1) is 12.8. The van der Waals surface area contributed by atoms with Gasteiger partial charge < -0.3 is 9.88 Å². The lowest BCUT2D eigenvalue weighted by Crippen LogP contribution is -2.16. The number of benzene rings is 1. The lowest BCUT2D eigenvalue weighted by molar-refractivity contribution is 0.537. The van der Waals surface area contributed by atoms with Crippen molar-refractivity contribution in [3.63, 3.8) is 0 Å². The van der Waals surface area contributed by atoms with E-state index < -0.39 is 0 Å². The fourth-order valence-electron chi connectivity index (χ4n) is 1.82. The van der Waals surface area contributed by atoms with Crippen molar-refractivity contribution < 1.29 is 0 Å². The van der Waals surface area contributed by atoms with Crippen molar-refractivity contribution in [2.45, 2.75) is 26.8 Å². The molecule has 0 amide bonds. The van der Waals surface area contributed by atoms with Crippen molar-refractivity contribution in [3.8, 4) is 5.69 Å². The van der Waals surface area contributed by atoms with Gasteiger partial charge in [-0.3, -0.25) is 0 Å². The summed E-state index contributed by atoms with van der Waals surface area (Å²) in [5, 5.41) is 3.47. The summed E-state index contributed by atoms with van der Waals surface area (Å²) in [5.41, 5.74) is 2.47. The SMILES string of the molecule is CC(C)CCNCc1ccc(-n2ccnc2)cc1. The number of nitrogens with zero attached hydrogens (tertiary/aromatic N) is 2. The van der Waals surface area contributed by atoms with E-state index in [4.69, 9.17) is 0 Å². The van der Waals surface area contributed by atoms with Crippen LogP contribution in [0.25, 0.3) is 5.69 Å². The number of imidazole rings is 1. The highest BCUT2D eigenvalue weighted by Gasteiger charge is 1.97. The predicted octanol–water partition coefficient (Wildman–Crippen LogP) is 3.01. The zero-order valence-corrected chi connectivity index (χ0v) is 11.1. The molecule has 3 heteroatoms. The van der Waals surface area contributed by atoms with Gasteiger partial charge in [0.05, 0.1) is 6.33 Å². The highest BCUT2D eigenvalue weighted by molar-refractivity contribution is 5.34. The second kappa shape index (κ2) is 6.36. The minimum atomic E-state index is 0.765. The monoisotopic (exact) mass is 243 g/mol. The molecule has 2 aromatic rings.